The minimum absolute atomic E-state index is 0.156. The summed E-state index contributed by atoms with van der Waals surface area (Å²) in [7, 11) is -3.64. The van der Waals surface area contributed by atoms with Crippen molar-refractivity contribution in [3.05, 3.63) is 29.8 Å². The minimum atomic E-state index is -3.64. The Kier molecular flexibility index (Phi) is 4.06. The van der Waals surface area contributed by atoms with Crippen LogP contribution in [0.1, 0.15) is 19.4 Å². The van der Waals surface area contributed by atoms with E-state index in [1.165, 1.54) is 19.1 Å². The molecule has 88 valence electrons. The summed E-state index contributed by atoms with van der Waals surface area (Å²) in [5.41, 5.74) is 1.00. The van der Waals surface area contributed by atoms with Crippen LogP contribution in [0.4, 0.5) is 0 Å². The fourth-order valence-corrected chi connectivity index (χ4v) is 2.14. The molecular weight excluding hydrogens is 226 g/mol. The van der Waals surface area contributed by atoms with Crippen molar-refractivity contribution >= 4 is 15.9 Å². The van der Waals surface area contributed by atoms with Crippen LogP contribution < -0.4 is 0 Å². The van der Waals surface area contributed by atoms with Crippen LogP contribution in [-0.2, 0) is 14.8 Å². The fourth-order valence-electron chi connectivity index (χ4n) is 1.17. The molecule has 0 spiro atoms. The Morgan fingerprint density at radius 3 is 2.38 bits per heavy atom. The minimum Gasteiger partial charge on any atom is -0.481 e. The van der Waals surface area contributed by atoms with Gasteiger partial charge < -0.3 is 4.74 Å². The number of hydrogen-bond acceptors (Lipinski definition) is 3. The van der Waals surface area contributed by atoms with Gasteiger partial charge in [0.05, 0.1) is 11.5 Å². The first-order valence-electron chi connectivity index (χ1n) is 4.96. The van der Waals surface area contributed by atoms with Crippen molar-refractivity contribution < 1.29 is 13.2 Å². The summed E-state index contributed by atoms with van der Waals surface area (Å²) in [5, 5.41) is 0. The molecule has 1 rings (SSSR count). The number of nitrogens with zero attached hydrogens (tertiary/aromatic N) is 1. The average molecular weight is 241 g/mol. The Morgan fingerprint density at radius 2 is 1.88 bits per heavy atom. The lowest BCUT2D eigenvalue weighted by molar-refractivity contribution is 0.325. The molecule has 0 heterocycles. The summed E-state index contributed by atoms with van der Waals surface area (Å²) in [6.45, 7) is 5.59. The van der Waals surface area contributed by atoms with Crippen LogP contribution in [0.15, 0.2) is 33.6 Å². The summed E-state index contributed by atoms with van der Waals surface area (Å²) in [4.78, 5) is 0.178. The molecule has 0 aliphatic rings. The van der Waals surface area contributed by atoms with E-state index in [0.29, 0.717) is 6.61 Å². The molecule has 0 saturated heterocycles. The quantitative estimate of drug-likeness (QED) is 0.601. The monoisotopic (exact) mass is 241 g/mol. The molecule has 0 bridgehead atoms. The zero-order valence-electron chi connectivity index (χ0n) is 9.60. The highest BCUT2D eigenvalue weighted by Gasteiger charge is 2.12. The van der Waals surface area contributed by atoms with Crippen molar-refractivity contribution in [1.29, 1.82) is 0 Å². The first-order chi connectivity index (χ1) is 7.45. The van der Waals surface area contributed by atoms with E-state index in [0.717, 1.165) is 5.56 Å². The molecule has 1 aromatic rings. The topological polar surface area (TPSA) is 55.7 Å². The van der Waals surface area contributed by atoms with Gasteiger partial charge >= 0.3 is 0 Å². The van der Waals surface area contributed by atoms with Crippen LogP contribution in [-0.4, -0.2) is 20.9 Å². The number of sulfonamides is 1. The predicted molar refractivity (Wildman–Crippen MR) is 63.1 cm³/mol. The molecule has 4 nitrogen and oxygen atoms in total. The fraction of sp³-hybridized carbons (Fsp3) is 0.364. The second-order valence-corrected chi connectivity index (χ2v) is 4.94. The molecule has 0 unspecified atom stereocenters. The maximum atomic E-state index is 11.8. The molecular formula is C11H15NO3S. The normalized spacial score (nSPS) is 12.6. The van der Waals surface area contributed by atoms with E-state index < -0.39 is 10.0 Å². The Morgan fingerprint density at radius 1 is 1.31 bits per heavy atom. The lowest BCUT2D eigenvalue weighted by Crippen LogP contribution is -2.05. The standard InChI is InChI=1S/C11H15NO3S/c1-4-15-10(3)12-16(13,14)11-7-5-9(2)6-8-11/h5-8H,4H2,1-3H3/b12-10-. The van der Waals surface area contributed by atoms with E-state index in [9.17, 15) is 8.42 Å². The van der Waals surface area contributed by atoms with Gasteiger partial charge in [-0.25, -0.2) is 0 Å². The second kappa shape index (κ2) is 5.12. The highest BCUT2D eigenvalue weighted by atomic mass is 32.2. The van der Waals surface area contributed by atoms with Crippen molar-refractivity contribution in [2.24, 2.45) is 4.40 Å². The molecule has 0 saturated carbocycles. The molecule has 5 heteroatoms. The van der Waals surface area contributed by atoms with Gasteiger partial charge in [-0.3, -0.25) is 0 Å². The number of benzene rings is 1. The first kappa shape index (κ1) is 12.7. The molecule has 0 aliphatic heterocycles. The van der Waals surface area contributed by atoms with Gasteiger partial charge in [0.1, 0.15) is 0 Å². The van der Waals surface area contributed by atoms with Crippen LogP contribution in [0.25, 0.3) is 0 Å². The van der Waals surface area contributed by atoms with Crippen LogP contribution in [0.2, 0.25) is 0 Å². The van der Waals surface area contributed by atoms with E-state index in [2.05, 4.69) is 4.40 Å². The third kappa shape index (κ3) is 3.34. The third-order valence-corrected chi connectivity index (χ3v) is 3.29. The van der Waals surface area contributed by atoms with Crippen LogP contribution in [0.3, 0.4) is 0 Å². The summed E-state index contributed by atoms with van der Waals surface area (Å²) < 4.78 is 32.1. The van der Waals surface area contributed by atoms with Gasteiger partial charge in [0, 0.05) is 6.92 Å². The number of aryl methyl sites for hydroxylation is 1. The van der Waals surface area contributed by atoms with Gasteiger partial charge in [0.25, 0.3) is 10.0 Å². The van der Waals surface area contributed by atoms with Crippen LogP contribution in [0, 0.1) is 6.92 Å². The van der Waals surface area contributed by atoms with Gasteiger partial charge in [0.15, 0.2) is 5.90 Å². The van der Waals surface area contributed by atoms with Gasteiger partial charge in [-0.05, 0) is 26.0 Å². The zero-order chi connectivity index (χ0) is 12.2. The Hall–Kier alpha value is -1.36. The Labute approximate surface area is 96.0 Å². The average Bonchev–Trinajstić information content (AvgIpc) is 2.17. The van der Waals surface area contributed by atoms with E-state index in [1.54, 1.807) is 19.1 Å². The number of ether oxygens (including phenoxy) is 1. The van der Waals surface area contributed by atoms with Crippen molar-refractivity contribution in [2.45, 2.75) is 25.7 Å². The predicted octanol–water partition coefficient (Wildman–Crippen LogP) is 2.14. The molecule has 0 amide bonds. The van der Waals surface area contributed by atoms with Crippen molar-refractivity contribution in [3.63, 3.8) is 0 Å². The van der Waals surface area contributed by atoms with Crippen molar-refractivity contribution in [2.75, 3.05) is 6.61 Å². The van der Waals surface area contributed by atoms with Crippen LogP contribution in [0.5, 0.6) is 0 Å². The van der Waals surface area contributed by atoms with Gasteiger partial charge in [-0.2, -0.15) is 8.42 Å². The zero-order valence-corrected chi connectivity index (χ0v) is 10.4. The maximum absolute atomic E-state index is 11.8. The third-order valence-electron chi connectivity index (χ3n) is 1.92. The summed E-state index contributed by atoms with van der Waals surface area (Å²) in [5.74, 6) is 0.156. The summed E-state index contributed by atoms with van der Waals surface area (Å²) in [6, 6.07) is 6.54. The highest BCUT2D eigenvalue weighted by molar-refractivity contribution is 7.90. The van der Waals surface area contributed by atoms with Crippen molar-refractivity contribution in [3.8, 4) is 0 Å². The maximum Gasteiger partial charge on any atom is 0.285 e. The molecule has 0 aliphatic carbocycles. The van der Waals surface area contributed by atoms with E-state index in [1.807, 2.05) is 6.92 Å². The Bertz CT molecular complexity index is 474. The number of rotatable bonds is 3. The van der Waals surface area contributed by atoms with Crippen LogP contribution >= 0.6 is 0 Å². The van der Waals surface area contributed by atoms with Gasteiger partial charge in [0.2, 0.25) is 0 Å². The van der Waals surface area contributed by atoms with Gasteiger partial charge in [-0.1, -0.05) is 17.7 Å². The molecule has 0 N–H and O–H groups in total. The second-order valence-electron chi connectivity index (χ2n) is 3.33. The molecule has 0 radical (unpaired) electrons. The molecule has 1 aromatic carbocycles. The van der Waals surface area contributed by atoms with E-state index >= 15 is 0 Å². The highest BCUT2D eigenvalue weighted by Crippen LogP contribution is 2.13. The lowest BCUT2D eigenvalue weighted by atomic mass is 10.2. The number of hydrogen-bond donors (Lipinski definition) is 0. The first-order valence-corrected chi connectivity index (χ1v) is 6.40. The Balaban J connectivity index is 3.03. The van der Waals surface area contributed by atoms with E-state index in [4.69, 9.17) is 4.74 Å². The smallest absolute Gasteiger partial charge is 0.285 e. The molecule has 0 aromatic heterocycles. The largest absolute Gasteiger partial charge is 0.481 e. The summed E-state index contributed by atoms with van der Waals surface area (Å²) in [6.07, 6.45) is 0. The molecule has 0 atom stereocenters. The molecule has 16 heavy (non-hydrogen) atoms. The van der Waals surface area contributed by atoms with E-state index in [-0.39, 0.29) is 10.8 Å². The molecule has 0 fully saturated rings. The lowest BCUT2D eigenvalue weighted by Gasteiger charge is -2.03. The van der Waals surface area contributed by atoms with Crippen molar-refractivity contribution in [1.82, 2.24) is 0 Å². The van der Waals surface area contributed by atoms with Gasteiger partial charge in [-0.15, -0.1) is 4.40 Å². The summed E-state index contributed by atoms with van der Waals surface area (Å²) >= 11 is 0. The SMILES string of the molecule is CCO/C(C)=N\S(=O)(=O)c1ccc(C)cc1.